The van der Waals surface area contributed by atoms with Crippen LogP contribution in [0.3, 0.4) is 0 Å². The van der Waals surface area contributed by atoms with Crippen molar-refractivity contribution in [2.75, 3.05) is 6.54 Å². The van der Waals surface area contributed by atoms with Gasteiger partial charge in [0.2, 0.25) is 10.0 Å². The molecule has 0 saturated carbocycles. The van der Waals surface area contributed by atoms with E-state index in [4.69, 9.17) is 23.2 Å². The van der Waals surface area contributed by atoms with Crippen LogP contribution in [0.4, 0.5) is 0 Å². The third-order valence-electron chi connectivity index (χ3n) is 1.70. The van der Waals surface area contributed by atoms with E-state index in [1.165, 1.54) is 0 Å². The first-order valence-corrected chi connectivity index (χ1v) is 6.76. The highest BCUT2D eigenvalue weighted by atomic mass is 35.5. The summed E-state index contributed by atoms with van der Waals surface area (Å²) in [5, 5.41) is 0.780. The number of benzene rings is 1. The van der Waals surface area contributed by atoms with Crippen LogP contribution in [-0.2, 0) is 15.8 Å². The molecule has 3 nitrogen and oxygen atoms in total. The van der Waals surface area contributed by atoms with Crippen LogP contribution in [0.1, 0.15) is 12.5 Å². The van der Waals surface area contributed by atoms with Gasteiger partial charge in [0.05, 0.1) is 15.8 Å². The minimum atomic E-state index is -3.27. The van der Waals surface area contributed by atoms with Crippen molar-refractivity contribution in [2.45, 2.75) is 12.7 Å². The van der Waals surface area contributed by atoms with Crippen molar-refractivity contribution >= 4 is 33.2 Å². The molecule has 0 amide bonds. The lowest BCUT2D eigenvalue weighted by Crippen LogP contribution is -2.24. The summed E-state index contributed by atoms with van der Waals surface area (Å²) < 4.78 is 25.2. The van der Waals surface area contributed by atoms with Crippen LogP contribution in [0.25, 0.3) is 0 Å². The van der Waals surface area contributed by atoms with Crippen molar-refractivity contribution in [1.29, 1.82) is 0 Å². The molecule has 0 atom stereocenters. The van der Waals surface area contributed by atoms with Gasteiger partial charge in [0, 0.05) is 6.54 Å². The maximum Gasteiger partial charge on any atom is 0.215 e. The maximum atomic E-state index is 11.4. The third-order valence-corrected chi connectivity index (χ3v) is 3.89. The summed E-state index contributed by atoms with van der Waals surface area (Å²) in [7, 11) is -3.27. The molecule has 0 aliphatic heterocycles. The molecule has 1 aromatic rings. The van der Waals surface area contributed by atoms with E-state index in [0.717, 1.165) is 0 Å². The van der Waals surface area contributed by atoms with Crippen LogP contribution < -0.4 is 4.72 Å². The summed E-state index contributed by atoms with van der Waals surface area (Å²) in [4.78, 5) is 0. The second-order valence-corrected chi connectivity index (χ2v) is 5.63. The molecule has 84 valence electrons. The Kier molecular flexibility index (Phi) is 4.40. The Balaban J connectivity index is 2.86. The van der Waals surface area contributed by atoms with Gasteiger partial charge in [-0.3, -0.25) is 0 Å². The molecule has 6 heteroatoms. The standard InChI is InChI=1S/C9H11Cl2NO2S/c1-2-12-15(13,14)6-7-3-4-8(10)9(11)5-7/h3-5,12H,2,6H2,1H3. The van der Waals surface area contributed by atoms with Crippen LogP contribution in [0, 0.1) is 0 Å². The molecule has 0 radical (unpaired) electrons. The zero-order valence-corrected chi connectivity index (χ0v) is 10.5. The summed E-state index contributed by atoms with van der Waals surface area (Å²) in [5.41, 5.74) is 0.616. The number of rotatable bonds is 4. The van der Waals surface area contributed by atoms with E-state index in [9.17, 15) is 8.42 Å². The summed E-state index contributed by atoms with van der Waals surface area (Å²) >= 11 is 11.5. The van der Waals surface area contributed by atoms with Crippen molar-refractivity contribution in [3.8, 4) is 0 Å². The fourth-order valence-corrected chi connectivity index (χ4v) is 2.60. The molecule has 0 fully saturated rings. The summed E-state index contributed by atoms with van der Waals surface area (Å²) in [6.07, 6.45) is 0. The zero-order chi connectivity index (χ0) is 11.5. The highest BCUT2D eigenvalue weighted by Crippen LogP contribution is 2.23. The summed E-state index contributed by atoms with van der Waals surface area (Å²) in [6, 6.07) is 4.78. The van der Waals surface area contributed by atoms with Crippen LogP contribution in [-0.4, -0.2) is 15.0 Å². The van der Waals surface area contributed by atoms with Gasteiger partial charge in [0.25, 0.3) is 0 Å². The Morgan fingerprint density at radius 3 is 2.47 bits per heavy atom. The van der Waals surface area contributed by atoms with Gasteiger partial charge in [-0.15, -0.1) is 0 Å². The van der Waals surface area contributed by atoms with Crippen molar-refractivity contribution in [3.63, 3.8) is 0 Å². The Bertz CT molecular complexity index is 445. The topological polar surface area (TPSA) is 46.2 Å². The molecule has 15 heavy (non-hydrogen) atoms. The van der Waals surface area contributed by atoms with Gasteiger partial charge in [-0.05, 0) is 17.7 Å². The molecule has 0 unspecified atom stereocenters. The summed E-state index contributed by atoms with van der Waals surface area (Å²) in [5.74, 6) is -0.0856. The Labute approximate surface area is 99.4 Å². The normalized spacial score (nSPS) is 11.7. The van der Waals surface area contributed by atoms with Gasteiger partial charge >= 0.3 is 0 Å². The number of nitrogens with one attached hydrogen (secondary N) is 1. The van der Waals surface area contributed by atoms with Gasteiger partial charge in [0.1, 0.15) is 0 Å². The van der Waals surface area contributed by atoms with Gasteiger partial charge in [-0.1, -0.05) is 36.2 Å². The van der Waals surface area contributed by atoms with Gasteiger partial charge in [0.15, 0.2) is 0 Å². The summed E-state index contributed by atoms with van der Waals surface area (Å²) in [6.45, 7) is 2.11. The lowest BCUT2D eigenvalue weighted by molar-refractivity contribution is 0.583. The molecule has 0 bridgehead atoms. The number of hydrogen-bond donors (Lipinski definition) is 1. The van der Waals surface area contributed by atoms with E-state index in [1.807, 2.05) is 0 Å². The van der Waals surface area contributed by atoms with Crippen molar-refractivity contribution in [1.82, 2.24) is 4.72 Å². The Hall–Kier alpha value is -0.290. The SMILES string of the molecule is CCNS(=O)(=O)Cc1ccc(Cl)c(Cl)c1. The predicted octanol–water partition coefficient (Wildman–Crippen LogP) is 2.43. The Morgan fingerprint density at radius 1 is 1.27 bits per heavy atom. The minimum Gasteiger partial charge on any atom is -0.215 e. The van der Waals surface area contributed by atoms with Crippen molar-refractivity contribution in [2.24, 2.45) is 0 Å². The molecule has 0 aliphatic carbocycles. The van der Waals surface area contributed by atoms with Crippen molar-refractivity contribution in [3.05, 3.63) is 33.8 Å². The number of halogens is 2. The first-order chi connectivity index (χ1) is 6.94. The number of hydrogen-bond acceptors (Lipinski definition) is 2. The molecule has 0 aromatic heterocycles. The zero-order valence-electron chi connectivity index (χ0n) is 8.13. The van der Waals surface area contributed by atoms with Crippen LogP contribution in [0.15, 0.2) is 18.2 Å². The van der Waals surface area contributed by atoms with E-state index in [0.29, 0.717) is 22.2 Å². The molecule has 0 saturated heterocycles. The third kappa shape index (κ3) is 3.99. The van der Waals surface area contributed by atoms with E-state index < -0.39 is 10.0 Å². The van der Waals surface area contributed by atoms with Crippen molar-refractivity contribution < 1.29 is 8.42 Å². The van der Waals surface area contributed by atoms with E-state index in [2.05, 4.69) is 4.72 Å². The molecular formula is C9H11Cl2NO2S. The van der Waals surface area contributed by atoms with Crippen LogP contribution in [0.5, 0.6) is 0 Å². The minimum absolute atomic E-state index is 0.0856. The second-order valence-electron chi connectivity index (χ2n) is 3.01. The molecule has 0 aliphatic rings. The predicted molar refractivity (Wildman–Crippen MR) is 62.8 cm³/mol. The van der Waals surface area contributed by atoms with Crippen LogP contribution in [0.2, 0.25) is 10.0 Å². The molecule has 1 rings (SSSR count). The van der Waals surface area contributed by atoms with E-state index >= 15 is 0 Å². The smallest absolute Gasteiger partial charge is 0.215 e. The first kappa shape index (κ1) is 12.8. The lowest BCUT2D eigenvalue weighted by atomic mass is 10.2. The van der Waals surface area contributed by atoms with Gasteiger partial charge in [-0.2, -0.15) is 0 Å². The molecule has 0 spiro atoms. The second kappa shape index (κ2) is 5.16. The first-order valence-electron chi connectivity index (χ1n) is 4.36. The van der Waals surface area contributed by atoms with E-state index in [1.54, 1.807) is 25.1 Å². The monoisotopic (exact) mass is 267 g/mol. The average molecular weight is 268 g/mol. The molecular weight excluding hydrogens is 257 g/mol. The molecule has 1 N–H and O–H groups in total. The maximum absolute atomic E-state index is 11.4. The fraction of sp³-hybridized carbons (Fsp3) is 0.333. The molecule has 1 aromatic carbocycles. The van der Waals surface area contributed by atoms with E-state index in [-0.39, 0.29) is 5.75 Å². The fourth-order valence-electron chi connectivity index (χ4n) is 1.12. The Morgan fingerprint density at radius 2 is 1.93 bits per heavy atom. The lowest BCUT2D eigenvalue weighted by Gasteiger charge is -2.05. The van der Waals surface area contributed by atoms with Gasteiger partial charge < -0.3 is 0 Å². The van der Waals surface area contributed by atoms with Crippen LogP contribution >= 0.6 is 23.2 Å². The average Bonchev–Trinajstić information content (AvgIpc) is 2.10. The highest BCUT2D eigenvalue weighted by Gasteiger charge is 2.10. The quantitative estimate of drug-likeness (QED) is 0.911. The number of sulfonamides is 1. The molecule has 0 heterocycles. The van der Waals surface area contributed by atoms with Gasteiger partial charge in [-0.25, -0.2) is 13.1 Å². The largest absolute Gasteiger partial charge is 0.215 e. The highest BCUT2D eigenvalue weighted by molar-refractivity contribution is 7.88.